The average Bonchev–Trinajstić information content (AvgIpc) is 3.01. The molecule has 1 aromatic heterocycles. The van der Waals surface area contributed by atoms with Gasteiger partial charge in [-0.15, -0.1) is 0 Å². The number of nitrogens with zero attached hydrogens (tertiary/aromatic N) is 1. The number of nitrogens with two attached hydrogens (primary N) is 1. The molecule has 0 saturated carbocycles. The number of hydrogen-bond donors (Lipinski definition) is 2. The summed E-state index contributed by atoms with van der Waals surface area (Å²) < 4.78 is 17.6. The second-order valence-corrected chi connectivity index (χ2v) is 6.51. The molecule has 3 N–H and O–H groups in total. The highest BCUT2D eigenvalue weighted by Gasteiger charge is 2.17. The lowest BCUT2D eigenvalue weighted by Crippen LogP contribution is -2.11. The van der Waals surface area contributed by atoms with Crippen molar-refractivity contribution in [3.63, 3.8) is 0 Å². The van der Waals surface area contributed by atoms with E-state index < -0.39 is 16.8 Å². The number of nitrogens with one attached hydrogen (secondary N) is 1. The summed E-state index contributed by atoms with van der Waals surface area (Å²) in [6, 6.07) is 12.5. The Labute approximate surface area is 141 Å². The second kappa shape index (κ2) is 6.84. The first-order chi connectivity index (χ1) is 11.6. The Morgan fingerprint density at radius 1 is 1.25 bits per heavy atom. The van der Waals surface area contributed by atoms with E-state index in [0.717, 1.165) is 11.0 Å². The molecule has 0 bridgehead atoms. The van der Waals surface area contributed by atoms with Crippen LogP contribution in [0, 0.1) is 0 Å². The summed E-state index contributed by atoms with van der Waals surface area (Å²) in [6.45, 7) is 2.00. The smallest absolute Gasteiger partial charge is 0.340 e. The Balaban J connectivity index is 1.86. The SMILES string of the molecule is CCOC(=O)c1cccc(C[S@@](=O)c2nc3ccccc3[nH]2)c1N. The van der Waals surface area contributed by atoms with Crippen molar-refractivity contribution in [3.05, 3.63) is 53.6 Å². The molecule has 0 aliphatic heterocycles. The lowest BCUT2D eigenvalue weighted by atomic mass is 10.1. The minimum absolute atomic E-state index is 0.166. The molecule has 6 nitrogen and oxygen atoms in total. The maximum absolute atomic E-state index is 12.6. The van der Waals surface area contributed by atoms with Gasteiger partial charge in [-0.25, -0.2) is 9.78 Å². The number of anilines is 1. The summed E-state index contributed by atoms with van der Waals surface area (Å²) in [5, 5.41) is 0.386. The molecule has 0 fully saturated rings. The Hall–Kier alpha value is -2.67. The summed E-state index contributed by atoms with van der Waals surface area (Å²) in [4.78, 5) is 19.3. The van der Waals surface area contributed by atoms with Crippen LogP contribution in [0.3, 0.4) is 0 Å². The maximum atomic E-state index is 12.6. The van der Waals surface area contributed by atoms with Gasteiger partial charge in [0, 0.05) is 0 Å². The number of para-hydroxylation sites is 3. The number of aromatic nitrogens is 2. The van der Waals surface area contributed by atoms with Gasteiger partial charge in [-0.1, -0.05) is 24.3 Å². The zero-order valence-electron chi connectivity index (χ0n) is 13.1. The molecule has 0 aliphatic rings. The average molecular weight is 343 g/mol. The van der Waals surface area contributed by atoms with Crippen LogP contribution in [-0.4, -0.2) is 26.8 Å². The lowest BCUT2D eigenvalue weighted by Gasteiger charge is -2.09. The van der Waals surface area contributed by atoms with Gasteiger partial charge in [-0.05, 0) is 30.7 Å². The summed E-state index contributed by atoms with van der Waals surface area (Å²) in [7, 11) is -1.40. The number of H-pyrrole nitrogens is 1. The molecule has 1 atom stereocenters. The van der Waals surface area contributed by atoms with Crippen molar-refractivity contribution >= 4 is 33.5 Å². The number of carbonyl (C=O) groups is 1. The van der Waals surface area contributed by atoms with E-state index in [0.29, 0.717) is 16.4 Å². The third kappa shape index (κ3) is 3.16. The first-order valence-electron chi connectivity index (χ1n) is 7.47. The number of fused-ring (bicyclic) bond motifs is 1. The summed E-state index contributed by atoms with van der Waals surface area (Å²) in [5.41, 5.74) is 8.84. The fourth-order valence-corrected chi connectivity index (χ4v) is 3.47. The molecule has 0 unspecified atom stereocenters. The summed E-state index contributed by atoms with van der Waals surface area (Å²) in [5.74, 6) is -0.315. The van der Waals surface area contributed by atoms with Crippen molar-refractivity contribution in [1.82, 2.24) is 9.97 Å². The monoisotopic (exact) mass is 343 g/mol. The Morgan fingerprint density at radius 3 is 2.79 bits per heavy atom. The van der Waals surface area contributed by atoms with Crippen molar-refractivity contribution in [1.29, 1.82) is 0 Å². The highest BCUT2D eigenvalue weighted by molar-refractivity contribution is 7.84. The number of aromatic amines is 1. The molecular formula is C17H17N3O3S. The molecule has 0 amide bonds. The summed E-state index contributed by atoms with van der Waals surface area (Å²) in [6.07, 6.45) is 0. The van der Waals surface area contributed by atoms with Crippen molar-refractivity contribution in [2.75, 3.05) is 12.3 Å². The predicted octanol–water partition coefficient (Wildman–Crippen LogP) is 2.63. The Bertz CT molecular complexity index is 887. The number of ether oxygens (including phenoxy) is 1. The molecule has 1 heterocycles. The van der Waals surface area contributed by atoms with Crippen molar-refractivity contribution in [2.24, 2.45) is 0 Å². The van der Waals surface area contributed by atoms with Crippen LogP contribution in [-0.2, 0) is 21.3 Å². The first-order valence-corrected chi connectivity index (χ1v) is 8.79. The van der Waals surface area contributed by atoms with Crippen LogP contribution in [0.2, 0.25) is 0 Å². The normalized spacial score (nSPS) is 12.2. The molecule has 0 aliphatic carbocycles. The van der Waals surface area contributed by atoms with Crippen LogP contribution in [0.1, 0.15) is 22.8 Å². The van der Waals surface area contributed by atoms with Crippen LogP contribution < -0.4 is 5.73 Å². The highest BCUT2D eigenvalue weighted by atomic mass is 32.2. The molecule has 0 spiro atoms. The number of rotatable bonds is 5. The van der Waals surface area contributed by atoms with E-state index in [4.69, 9.17) is 10.5 Å². The number of benzene rings is 2. The van der Waals surface area contributed by atoms with Gasteiger partial charge >= 0.3 is 5.97 Å². The Kier molecular flexibility index (Phi) is 4.61. The molecule has 3 rings (SSSR count). The van der Waals surface area contributed by atoms with Gasteiger partial charge in [-0.2, -0.15) is 0 Å². The third-order valence-corrected chi connectivity index (χ3v) is 4.76. The molecular weight excluding hydrogens is 326 g/mol. The number of esters is 1. The van der Waals surface area contributed by atoms with Crippen LogP contribution in [0.4, 0.5) is 5.69 Å². The van der Waals surface area contributed by atoms with Crippen molar-refractivity contribution < 1.29 is 13.7 Å². The molecule has 24 heavy (non-hydrogen) atoms. The highest BCUT2D eigenvalue weighted by Crippen LogP contribution is 2.22. The number of carbonyl (C=O) groups excluding carboxylic acids is 1. The van der Waals surface area contributed by atoms with Gasteiger partial charge in [0.05, 0.1) is 45.4 Å². The number of nitrogen functional groups attached to an aromatic ring is 1. The second-order valence-electron chi connectivity index (χ2n) is 5.15. The topological polar surface area (TPSA) is 98.1 Å². The van der Waals surface area contributed by atoms with Gasteiger partial charge in [0.1, 0.15) is 0 Å². The van der Waals surface area contributed by atoms with Gasteiger partial charge in [-0.3, -0.25) is 4.21 Å². The minimum atomic E-state index is -1.40. The zero-order valence-corrected chi connectivity index (χ0v) is 13.9. The third-order valence-electron chi connectivity index (χ3n) is 3.56. The van der Waals surface area contributed by atoms with Crippen molar-refractivity contribution in [2.45, 2.75) is 17.8 Å². The lowest BCUT2D eigenvalue weighted by molar-refractivity contribution is 0.0527. The standard InChI is InChI=1S/C17H17N3O3S/c1-2-23-16(21)12-7-5-6-11(15(12)18)10-24(22)17-19-13-8-3-4-9-14(13)20-17/h3-9H,2,10,18H2,1H3,(H,19,20)/t24-/m1/s1. The molecule has 7 heteroatoms. The van der Waals surface area contributed by atoms with E-state index >= 15 is 0 Å². The van der Waals surface area contributed by atoms with E-state index in [2.05, 4.69) is 9.97 Å². The van der Waals surface area contributed by atoms with E-state index in [1.165, 1.54) is 0 Å². The van der Waals surface area contributed by atoms with E-state index in [9.17, 15) is 9.00 Å². The van der Waals surface area contributed by atoms with Gasteiger partial charge < -0.3 is 15.5 Å². The van der Waals surface area contributed by atoms with E-state index in [1.807, 2.05) is 24.3 Å². The first kappa shape index (κ1) is 16.2. The molecule has 0 radical (unpaired) electrons. The zero-order chi connectivity index (χ0) is 17.1. The van der Waals surface area contributed by atoms with Crippen LogP contribution in [0.25, 0.3) is 11.0 Å². The van der Waals surface area contributed by atoms with Gasteiger partial charge in [0.15, 0.2) is 5.16 Å². The minimum Gasteiger partial charge on any atom is -0.462 e. The van der Waals surface area contributed by atoms with Crippen LogP contribution in [0.15, 0.2) is 47.6 Å². The number of imidazole rings is 1. The van der Waals surface area contributed by atoms with E-state index in [1.54, 1.807) is 25.1 Å². The summed E-state index contributed by atoms with van der Waals surface area (Å²) >= 11 is 0. The van der Waals surface area contributed by atoms with E-state index in [-0.39, 0.29) is 17.9 Å². The van der Waals surface area contributed by atoms with Gasteiger partial charge in [0.2, 0.25) is 0 Å². The van der Waals surface area contributed by atoms with Crippen LogP contribution in [0.5, 0.6) is 0 Å². The molecule has 0 saturated heterocycles. The van der Waals surface area contributed by atoms with Gasteiger partial charge in [0.25, 0.3) is 0 Å². The molecule has 124 valence electrons. The largest absolute Gasteiger partial charge is 0.462 e. The fourth-order valence-electron chi connectivity index (χ4n) is 2.37. The number of hydrogen-bond acceptors (Lipinski definition) is 5. The predicted molar refractivity (Wildman–Crippen MR) is 93.0 cm³/mol. The molecule has 3 aromatic rings. The molecule has 2 aromatic carbocycles. The fraction of sp³-hybridized carbons (Fsp3) is 0.176. The Morgan fingerprint density at radius 2 is 2.04 bits per heavy atom. The maximum Gasteiger partial charge on any atom is 0.340 e. The van der Waals surface area contributed by atoms with Crippen molar-refractivity contribution in [3.8, 4) is 0 Å². The quantitative estimate of drug-likeness (QED) is 0.548. The van der Waals surface area contributed by atoms with Crippen LogP contribution >= 0.6 is 0 Å².